The van der Waals surface area contributed by atoms with Crippen molar-refractivity contribution in [2.75, 3.05) is 12.0 Å². The first-order chi connectivity index (χ1) is 15.7. The number of para-hydroxylation sites is 1. The maximum absolute atomic E-state index is 5.77. The van der Waals surface area contributed by atoms with Crippen LogP contribution >= 0.6 is 0 Å². The summed E-state index contributed by atoms with van der Waals surface area (Å²) in [7, 11) is 0. The second kappa shape index (κ2) is 10.5. The van der Waals surface area contributed by atoms with Crippen LogP contribution in [0.4, 0.5) is 5.82 Å². The van der Waals surface area contributed by atoms with Gasteiger partial charge in [0.2, 0.25) is 0 Å². The summed E-state index contributed by atoms with van der Waals surface area (Å²) in [5, 5.41) is 5.35. The lowest BCUT2D eigenvalue weighted by Crippen LogP contribution is -1.99. The van der Waals surface area contributed by atoms with E-state index in [1.54, 1.807) is 6.21 Å². The Kier molecular flexibility index (Phi) is 7.08. The van der Waals surface area contributed by atoms with Crippen molar-refractivity contribution in [2.45, 2.75) is 33.1 Å². The van der Waals surface area contributed by atoms with E-state index in [2.05, 4.69) is 36.5 Å². The van der Waals surface area contributed by atoms with Gasteiger partial charge in [-0.25, -0.2) is 9.97 Å². The summed E-state index contributed by atoms with van der Waals surface area (Å²) >= 11 is 0. The first-order valence-electron chi connectivity index (χ1n) is 11.1. The molecule has 0 saturated carbocycles. The molecule has 0 unspecified atom stereocenters. The molecule has 0 aliphatic heterocycles. The Balaban J connectivity index is 1.50. The van der Waals surface area contributed by atoms with Gasteiger partial charge in [0.1, 0.15) is 5.75 Å². The highest BCUT2D eigenvalue weighted by Gasteiger charge is 2.08. The molecule has 1 N–H and O–H groups in total. The third kappa shape index (κ3) is 5.49. The van der Waals surface area contributed by atoms with Gasteiger partial charge in [-0.3, -0.25) is 5.43 Å². The van der Waals surface area contributed by atoms with Crippen LogP contribution in [0.25, 0.3) is 22.3 Å². The molecule has 0 spiro atoms. The maximum Gasteiger partial charge on any atom is 0.162 e. The number of aryl methyl sites for hydroxylation is 1. The van der Waals surface area contributed by atoms with E-state index >= 15 is 0 Å². The van der Waals surface area contributed by atoms with Crippen LogP contribution in [0.1, 0.15) is 37.3 Å². The molecular weight excluding hydrogens is 396 g/mol. The zero-order valence-electron chi connectivity index (χ0n) is 18.6. The number of rotatable bonds is 9. The Hall–Kier alpha value is -3.73. The van der Waals surface area contributed by atoms with Crippen LogP contribution in [0, 0.1) is 6.92 Å². The highest BCUT2D eigenvalue weighted by atomic mass is 16.5. The number of benzene rings is 3. The number of fused-ring (bicyclic) bond motifs is 1. The number of nitrogens with one attached hydrogen (secondary N) is 1. The van der Waals surface area contributed by atoms with Crippen molar-refractivity contribution in [1.29, 1.82) is 0 Å². The van der Waals surface area contributed by atoms with E-state index in [0.717, 1.165) is 40.8 Å². The van der Waals surface area contributed by atoms with Crippen LogP contribution in [-0.4, -0.2) is 22.8 Å². The van der Waals surface area contributed by atoms with E-state index in [1.807, 2.05) is 60.7 Å². The summed E-state index contributed by atoms with van der Waals surface area (Å²) in [6, 6.07) is 24.1. The molecule has 0 radical (unpaired) electrons. The van der Waals surface area contributed by atoms with E-state index in [9.17, 15) is 0 Å². The SMILES string of the molecule is CCCCCOc1ccc(/C=N\Nc2nc(-c3ccc(C)cc3)nc3ccccc23)cc1. The summed E-state index contributed by atoms with van der Waals surface area (Å²) in [6.07, 6.45) is 5.25. The first-order valence-corrected chi connectivity index (χ1v) is 11.1. The fourth-order valence-corrected chi connectivity index (χ4v) is 3.35. The number of nitrogens with zero attached hydrogens (tertiary/aromatic N) is 3. The lowest BCUT2D eigenvalue weighted by atomic mass is 10.1. The Bertz CT molecular complexity index is 1180. The molecule has 0 aliphatic carbocycles. The minimum Gasteiger partial charge on any atom is -0.494 e. The standard InChI is InChI=1S/C27H28N4O/c1-3-4-7-18-32-23-16-12-21(13-17-23)19-28-31-27-24-8-5-6-9-25(24)29-26(30-27)22-14-10-20(2)11-15-22/h5-6,8-17,19H,3-4,7,18H2,1-2H3,(H,29,30,31)/b28-19-. The summed E-state index contributed by atoms with van der Waals surface area (Å²) in [5.74, 6) is 2.24. The molecule has 0 bridgehead atoms. The molecule has 4 aromatic rings. The molecule has 0 fully saturated rings. The van der Waals surface area contributed by atoms with Crippen molar-refractivity contribution >= 4 is 22.9 Å². The van der Waals surface area contributed by atoms with Gasteiger partial charge in [0.15, 0.2) is 11.6 Å². The topological polar surface area (TPSA) is 59.4 Å². The van der Waals surface area contributed by atoms with Gasteiger partial charge >= 0.3 is 0 Å². The fourth-order valence-electron chi connectivity index (χ4n) is 3.35. The minimum absolute atomic E-state index is 0.672. The number of hydrogen-bond donors (Lipinski definition) is 1. The molecule has 0 amide bonds. The van der Waals surface area contributed by atoms with Crippen molar-refractivity contribution in [1.82, 2.24) is 9.97 Å². The fraction of sp³-hybridized carbons (Fsp3) is 0.222. The quantitative estimate of drug-likeness (QED) is 0.186. The molecule has 3 aromatic carbocycles. The highest BCUT2D eigenvalue weighted by molar-refractivity contribution is 5.91. The minimum atomic E-state index is 0.672. The lowest BCUT2D eigenvalue weighted by Gasteiger charge is -2.08. The predicted octanol–water partition coefficient (Wildman–Crippen LogP) is 6.62. The second-order valence-corrected chi connectivity index (χ2v) is 7.77. The van der Waals surface area contributed by atoms with Gasteiger partial charge in [0, 0.05) is 10.9 Å². The Labute approximate surface area is 189 Å². The largest absolute Gasteiger partial charge is 0.494 e. The van der Waals surface area contributed by atoms with Gasteiger partial charge in [-0.1, -0.05) is 61.7 Å². The Morgan fingerprint density at radius 2 is 1.69 bits per heavy atom. The van der Waals surface area contributed by atoms with E-state index in [1.165, 1.54) is 18.4 Å². The summed E-state index contributed by atoms with van der Waals surface area (Å²) < 4.78 is 5.77. The number of hydrogen-bond acceptors (Lipinski definition) is 5. The number of hydrazone groups is 1. The van der Waals surface area contributed by atoms with Crippen LogP contribution in [-0.2, 0) is 0 Å². The molecule has 0 saturated heterocycles. The van der Waals surface area contributed by atoms with E-state index < -0.39 is 0 Å². The molecule has 4 rings (SSSR count). The van der Waals surface area contributed by atoms with Crippen LogP contribution in [0.15, 0.2) is 77.9 Å². The van der Waals surface area contributed by atoms with Crippen LogP contribution in [0.5, 0.6) is 5.75 Å². The number of aromatic nitrogens is 2. The lowest BCUT2D eigenvalue weighted by molar-refractivity contribution is 0.306. The van der Waals surface area contributed by atoms with Gasteiger partial charge in [0.05, 0.1) is 18.3 Å². The summed E-state index contributed by atoms with van der Waals surface area (Å²) in [6.45, 7) is 5.01. The molecule has 0 aliphatic rings. The van der Waals surface area contributed by atoms with Gasteiger partial charge < -0.3 is 4.74 Å². The monoisotopic (exact) mass is 424 g/mol. The van der Waals surface area contributed by atoms with E-state index in [4.69, 9.17) is 14.7 Å². The van der Waals surface area contributed by atoms with E-state index in [0.29, 0.717) is 11.6 Å². The van der Waals surface area contributed by atoms with Crippen molar-refractivity contribution in [2.24, 2.45) is 5.10 Å². The third-order valence-corrected chi connectivity index (χ3v) is 5.19. The van der Waals surface area contributed by atoms with Crippen molar-refractivity contribution in [3.63, 3.8) is 0 Å². The molecule has 1 heterocycles. The number of anilines is 1. The number of unbranched alkanes of at least 4 members (excludes halogenated alkanes) is 2. The second-order valence-electron chi connectivity index (χ2n) is 7.77. The van der Waals surface area contributed by atoms with Gasteiger partial charge in [-0.05, 0) is 55.3 Å². The molecule has 1 aromatic heterocycles. The van der Waals surface area contributed by atoms with Gasteiger partial charge in [0.25, 0.3) is 0 Å². The first kappa shape index (κ1) is 21.5. The average Bonchev–Trinajstić information content (AvgIpc) is 2.83. The smallest absolute Gasteiger partial charge is 0.162 e. The van der Waals surface area contributed by atoms with Crippen LogP contribution < -0.4 is 10.2 Å². The number of ether oxygens (including phenoxy) is 1. The molecule has 5 nitrogen and oxygen atoms in total. The van der Waals surface area contributed by atoms with E-state index in [-0.39, 0.29) is 0 Å². The molecule has 162 valence electrons. The zero-order chi connectivity index (χ0) is 22.2. The third-order valence-electron chi connectivity index (χ3n) is 5.19. The van der Waals surface area contributed by atoms with Crippen molar-refractivity contribution in [3.8, 4) is 17.1 Å². The Morgan fingerprint density at radius 3 is 2.47 bits per heavy atom. The van der Waals surface area contributed by atoms with Crippen molar-refractivity contribution < 1.29 is 4.74 Å². The van der Waals surface area contributed by atoms with Gasteiger partial charge in [-0.2, -0.15) is 5.10 Å². The van der Waals surface area contributed by atoms with Crippen LogP contribution in [0.3, 0.4) is 0 Å². The van der Waals surface area contributed by atoms with Crippen LogP contribution in [0.2, 0.25) is 0 Å². The van der Waals surface area contributed by atoms with Crippen molar-refractivity contribution in [3.05, 3.63) is 83.9 Å². The Morgan fingerprint density at radius 1 is 0.906 bits per heavy atom. The molecule has 32 heavy (non-hydrogen) atoms. The highest BCUT2D eigenvalue weighted by Crippen LogP contribution is 2.25. The maximum atomic E-state index is 5.77. The normalized spacial score (nSPS) is 11.2. The summed E-state index contributed by atoms with van der Waals surface area (Å²) in [4.78, 5) is 9.47. The molecule has 5 heteroatoms. The summed E-state index contributed by atoms with van der Waals surface area (Å²) in [5.41, 5.74) is 7.14. The zero-order valence-corrected chi connectivity index (χ0v) is 18.6. The average molecular weight is 425 g/mol. The van der Waals surface area contributed by atoms with Gasteiger partial charge in [-0.15, -0.1) is 0 Å². The predicted molar refractivity (Wildman–Crippen MR) is 132 cm³/mol. The molecule has 0 atom stereocenters. The molecular formula is C27H28N4O.